The zero-order valence-electron chi connectivity index (χ0n) is 13.1. The molecule has 2 rings (SSSR count). The Labute approximate surface area is 143 Å². The molecular formula is C16H15NO7S. The number of rotatable bonds is 6. The van der Waals surface area contributed by atoms with Crippen LogP contribution in [0.25, 0.3) is 0 Å². The van der Waals surface area contributed by atoms with Gasteiger partial charge in [-0.05, 0) is 49.4 Å². The number of ether oxygens (including phenoxy) is 1. The van der Waals surface area contributed by atoms with Crippen molar-refractivity contribution in [2.75, 3.05) is 11.3 Å². The van der Waals surface area contributed by atoms with Crippen LogP contribution in [0.5, 0.6) is 5.75 Å². The van der Waals surface area contributed by atoms with E-state index in [-0.39, 0.29) is 22.8 Å². The predicted molar refractivity (Wildman–Crippen MR) is 88.3 cm³/mol. The number of sulfonamides is 1. The van der Waals surface area contributed by atoms with Crippen molar-refractivity contribution < 1.29 is 33.0 Å². The molecule has 0 radical (unpaired) electrons. The number of phenols is 1. The second kappa shape index (κ2) is 7.22. The van der Waals surface area contributed by atoms with Gasteiger partial charge in [0.15, 0.2) is 0 Å². The van der Waals surface area contributed by atoms with Crippen molar-refractivity contribution in [3.05, 3.63) is 53.6 Å². The van der Waals surface area contributed by atoms with Crippen molar-refractivity contribution in [3.63, 3.8) is 0 Å². The SMILES string of the molecule is CCOC(=O)c1ccc(NS(=O)(=O)c2ccc(O)c(C(=O)O)c2)cc1. The van der Waals surface area contributed by atoms with Crippen molar-refractivity contribution in [1.29, 1.82) is 0 Å². The van der Waals surface area contributed by atoms with Gasteiger partial charge >= 0.3 is 11.9 Å². The van der Waals surface area contributed by atoms with Gasteiger partial charge in [-0.3, -0.25) is 4.72 Å². The molecule has 0 saturated heterocycles. The summed E-state index contributed by atoms with van der Waals surface area (Å²) >= 11 is 0. The maximum atomic E-state index is 12.3. The van der Waals surface area contributed by atoms with Crippen LogP contribution in [0, 0.1) is 0 Å². The zero-order valence-corrected chi connectivity index (χ0v) is 13.9. The third-order valence-corrected chi connectivity index (χ3v) is 4.54. The van der Waals surface area contributed by atoms with Crippen LogP contribution < -0.4 is 4.72 Å². The number of carboxylic acid groups (broad SMARTS) is 1. The molecule has 0 aromatic heterocycles. The van der Waals surface area contributed by atoms with E-state index < -0.39 is 33.3 Å². The van der Waals surface area contributed by atoms with Gasteiger partial charge in [-0.2, -0.15) is 0 Å². The van der Waals surface area contributed by atoms with Crippen molar-refractivity contribution in [1.82, 2.24) is 0 Å². The lowest BCUT2D eigenvalue weighted by Crippen LogP contribution is -2.14. The van der Waals surface area contributed by atoms with E-state index in [2.05, 4.69) is 4.72 Å². The van der Waals surface area contributed by atoms with E-state index in [0.717, 1.165) is 18.2 Å². The maximum absolute atomic E-state index is 12.3. The predicted octanol–water partition coefficient (Wildman–Crippen LogP) is 2.07. The lowest BCUT2D eigenvalue weighted by Gasteiger charge is -2.10. The summed E-state index contributed by atoms with van der Waals surface area (Å²) in [7, 11) is -4.07. The average Bonchev–Trinajstić information content (AvgIpc) is 2.55. The summed E-state index contributed by atoms with van der Waals surface area (Å²) in [6.07, 6.45) is 0. The van der Waals surface area contributed by atoms with Crippen molar-refractivity contribution in [2.24, 2.45) is 0 Å². The molecule has 25 heavy (non-hydrogen) atoms. The second-order valence-electron chi connectivity index (χ2n) is 4.89. The van der Waals surface area contributed by atoms with Gasteiger partial charge in [0.1, 0.15) is 11.3 Å². The summed E-state index contributed by atoms with van der Waals surface area (Å²) in [4.78, 5) is 22.2. The Bertz CT molecular complexity index is 905. The number of carbonyl (C=O) groups is 2. The minimum absolute atomic E-state index is 0.179. The third kappa shape index (κ3) is 4.27. The number of benzene rings is 2. The minimum atomic E-state index is -4.07. The summed E-state index contributed by atoms with van der Waals surface area (Å²) in [5.74, 6) is -2.51. The number of carbonyl (C=O) groups excluding carboxylic acids is 1. The van der Waals surface area contributed by atoms with Gasteiger partial charge in [0.25, 0.3) is 10.0 Å². The Kier molecular flexibility index (Phi) is 5.28. The fraction of sp³-hybridized carbons (Fsp3) is 0.125. The van der Waals surface area contributed by atoms with E-state index in [1.807, 2.05) is 0 Å². The zero-order chi connectivity index (χ0) is 18.6. The molecule has 0 fully saturated rings. The number of carboxylic acids is 1. The highest BCUT2D eigenvalue weighted by atomic mass is 32.2. The number of esters is 1. The van der Waals surface area contributed by atoms with Gasteiger partial charge in [-0.15, -0.1) is 0 Å². The fourth-order valence-corrected chi connectivity index (χ4v) is 3.04. The molecule has 0 spiro atoms. The highest BCUT2D eigenvalue weighted by Crippen LogP contribution is 2.23. The number of nitrogens with one attached hydrogen (secondary N) is 1. The normalized spacial score (nSPS) is 10.9. The average molecular weight is 365 g/mol. The molecule has 2 aromatic rings. The summed E-state index contributed by atoms with van der Waals surface area (Å²) < 4.78 is 31.8. The summed E-state index contributed by atoms with van der Waals surface area (Å²) in [6.45, 7) is 1.89. The number of hydrogen-bond acceptors (Lipinski definition) is 6. The highest BCUT2D eigenvalue weighted by Gasteiger charge is 2.19. The molecule has 0 atom stereocenters. The van der Waals surface area contributed by atoms with Gasteiger partial charge in [-0.25, -0.2) is 18.0 Å². The first-order valence-electron chi connectivity index (χ1n) is 7.11. The molecule has 132 valence electrons. The molecule has 0 amide bonds. The lowest BCUT2D eigenvalue weighted by atomic mass is 10.2. The first kappa shape index (κ1) is 18.3. The van der Waals surface area contributed by atoms with Crippen molar-refractivity contribution >= 4 is 27.6 Å². The Balaban J connectivity index is 2.26. The van der Waals surface area contributed by atoms with Crippen molar-refractivity contribution in [3.8, 4) is 5.75 Å². The first-order chi connectivity index (χ1) is 11.7. The van der Waals surface area contributed by atoms with Gasteiger partial charge in [0, 0.05) is 5.69 Å². The molecule has 0 unspecified atom stereocenters. The van der Waals surface area contributed by atoms with Crippen LogP contribution >= 0.6 is 0 Å². The van der Waals surface area contributed by atoms with Crippen LogP contribution in [0.15, 0.2) is 47.4 Å². The number of aromatic hydroxyl groups is 1. The smallest absolute Gasteiger partial charge is 0.339 e. The Morgan fingerprint density at radius 1 is 1.12 bits per heavy atom. The Morgan fingerprint density at radius 3 is 2.32 bits per heavy atom. The molecule has 0 heterocycles. The summed E-state index contributed by atoms with van der Waals surface area (Å²) in [5, 5.41) is 18.4. The minimum Gasteiger partial charge on any atom is -0.507 e. The van der Waals surface area contributed by atoms with Gasteiger partial charge in [0.2, 0.25) is 0 Å². The lowest BCUT2D eigenvalue weighted by molar-refractivity contribution is 0.0525. The van der Waals surface area contributed by atoms with Crippen LogP contribution in [0.2, 0.25) is 0 Å². The number of anilines is 1. The molecule has 0 aliphatic carbocycles. The quantitative estimate of drug-likeness (QED) is 0.668. The van der Waals surface area contributed by atoms with Crippen LogP contribution in [0.1, 0.15) is 27.6 Å². The van der Waals surface area contributed by atoms with E-state index in [1.54, 1.807) is 6.92 Å². The van der Waals surface area contributed by atoms with Gasteiger partial charge in [0.05, 0.1) is 17.1 Å². The summed E-state index contributed by atoms with van der Waals surface area (Å²) in [5.41, 5.74) is -0.0823. The molecule has 8 nitrogen and oxygen atoms in total. The molecule has 0 bridgehead atoms. The molecule has 2 aromatic carbocycles. The van der Waals surface area contributed by atoms with E-state index in [0.29, 0.717) is 0 Å². The standard InChI is InChI=1S/C16H15NO7S/c1-2-24-16(21)10-3-5-11(6-4-10)17-25(22,23)12-7-8-14(18)13(9-12)15(19)20/h3-9,17-18H,2H2,1H3,(H,19,20). The topological polar surface area (TPSA) is 130 Å². The second-order valence-corrected chi connectivity index (χ2v) is 6.57. The molecule has 0 saturated carbocycles. The van der Waals surface area contributed by atoms with E-state index in [1.165, 1.54) is 24.3 Å². The molecule has 0 aliphatic heterocycles. The third-order valence-electron chi connectivity index (χ3n) is 3.16. The molecule has 3 N–H and O–H groups in total. The van der Waals surface area contributed by atoms with Crippen LogP contribution in [0.4, 0.5) is 5.69 Å². The van der Waals surface area contributed by atoms with Crippen LogP contribution in [0.3, 0.4) is 0 Å². The first-order valence-corrected chi connectivity index (χ1v) is 8.59. The van der Waals surface area contributed by atoms with E-state index >= 15 is 0 Å². The summed E-state index contributed by atoms with van der Waals surface area (Å²) in [6, 6.07) is 8.47. The van der Waals surface area contributed by atoms with Gasteiger partial charge < -0.3 is 14.9 Å². The maximum Gasteiger partial charge on any atom is 0.339 e. The monoisotopic (exact) mass is 365 g/mol. The fourth-order valence-electron chi connectivity index (χ4n) is 1.96. The van der Waals surface area contributed by atoms with Crippen LogP contribution in [-0.4, -0.2) is 37.2 Å². The van der Waals surface area contributed by atoms with Gasteiger partial charge in [-0.1, -0.05) is 0 Å². The molecular weight excluding hydrogens is 350 g/mol. The largest absolute Gasteiger partial charge is 0.507 e. The van der Waals surface area contributed by atoms with Crippen molar-refractivity contribution in [2.45, 2.75) is 11.8 Å². The molecule has 9 heteroatoms. The number of aromatic carboxylic acids is 1. The Hall–Kier alpha value is -3.07. The van der Waals surface area contributed by atoms with Crippen LogP contribution in [-0.2, 0) is 14.8 Å². The number of hydrogen-bond donors (Lipinski definition) is 3. The van der Waals surface area contributed by atoms with E-state index in [4.69, 9.17) is 9.84 Å². The van der Waals surface area contributed by atoms with E-state index in [9.17, 15) is 23.1 Å². The Morgan fingerprint density at radius 2 is 1.76 bits per heavy atom. The highest BCUT2D eigenvalue weighted by molar-refractivity contribution is 7.92. The molecule has 0 aliphatic rings.